The number of halogens is 1. The maximum absolute atomic E-state index is 14.6. The number of non-ortho nitro benzene ring substituents is 1. The molecule has 2 atom stereocenters. The summed E-state index contributed by atoms with van der Waals surface area (Å²) in [6, 6.07) is 10.9. The van der Waals surface area contributed by atoms with Gasteiger partial charge in [0.15, 0.2) is 0 Å². The topological polar surface area (TPSA) is 84.7 Å². The fraction of sp³-hybridized carbons (Fsp3) is 0.318. The number of hydrogen-bond acceptors (Lipinski definition) is 5. The van der Waals surface area contributed by atoms with Crippen molar-refractivity contribution in [1.82, 2.24) is 5.32 Å². The molecular formula is C22H24FN3O4. The molecule has 1 amide bonds. The smallest absolute Gasteiger partial charge is 0.270 e. The van der Waals surface area contributed by atoms with E-state index in [1.165, 1.54) is 30.4 Å². The van der Waals surface area contributed by atoms with Gasteiger partial charge in [0.05, 0.1) is 22.8 Å². The van der Waals surface area contributed by atoms with Crippen LogP contribution in [0.3, 0.4) is 0 Å². The zero-order chi connectivity index (χ0) is 21.7. The second-order valence-corrected chi connectivity index (χ2v) is 7.35. The second-order valence-electron chi connectivity index (χ2n) is 7.35. The van der Waals surface area contributed by atoms with Crippen molar-refractivity contribution in [2.75, 3.05) is 18.0 Å². The van der Waals surface area contributed by atoms with Crippen molar-refractivity contribution in [3.63, 3.8) is 0 Å². The summed E-state index contributed by atoms with van der Waals surface area (Å²) in [5, 5.41) is 13.5. The molecule has 0 radical (unpaired) electrons. The van der Waals surface area contributed by atoms with Gasteiger partial charge in [-0.2, -0.15) is 0 Å². The second kappa shape index (κ2) is 9.49. The molecule has 2 aromatic carbocycles. The van der Waals surface area contributed by atoms with E-state index in [0.717, 1.165) is 0 Å². The molecule has 0 aliphatic carbocycles. The molecule has 3 rings (SSSR count). The van der Waals surface area contributed by atoms with Crippen LogP contribution in [0.15, 0.2) is 48.5 Å². The van der Waals surface area contributed by atoms with Crippen molar-refractivity contribution >= 4 is 23.4 Å². The van der Waals surface area contributed by atoms with E-state index in [1.807, 2.05) is 18.7 Å². The molecule has 158 valence electrons. The van der Waals surface area contributed by atoms with Crippen LogP contribution in [0.4, 0.5) is 15.8 Å². The van der Waals surface area contributed by atoms with Crippen LogP contribution in [0.2, 0.25) is 0 Å². The molecule has 30 heavy (non-hydrogen) atoms. The third kappa shape index (κ3) is 5.64. The number of amides is 1. The summed E-state index contributed by atoms with van der Waals surface area (Å²) in [4.78, 5) is 24.3. The van der Waals surface area contributed by atoms with Crippen molar-refractivity contribution in [3.05, 3.63) is 75.6 Å². The average Bonchev–Trinajstić information content (AvgIpc) is 2.70. The molecular weight excluding hydrogens is 389 g/mol. The Kier molecular flexibility index (Phi) is 6.79. The number of nitro groups is 1. The zero-order valence-electron chi connectivity index (χ0n) is 16.9. The molecule has 2 aromatic rings. The van der Waals surface area contributed by atoms with Gasteiger partial charge in [-0.3, -0.25) is 14.9 Å². The first-order valence-electron chi connectivity index (χ1n) is 9.71. The summed E-state index contributed by atoms with van der Waals surface area (Å²) in [5.41, 5.74) is 1.67. The van der Waals surface area contributed by atoms with E-state index in [4.69, 9.17) is 4.74 Å². The van der Waals surface area contributed by atoms with Gasteiger partial charge >= 0.3 is 0 Å². The predicted molar refractivity (Wildman–Crippen MR) is 113 cm³/mol. The van der Waals surface area contributed by atoms with Gasteiger partial charge in [-0.1, -0.05) is 18.2 Å². The minimum Gasteiger partial charge on any atom is -0.372 e. The number of anilines is 1. The third-order valence-corrected chi connectivity index (χ3v) is 4.75. The Morgan fingerprint density at radius 3 is 2.67 bits per heavy atom. The van der Waals surface area contributed by atoms with Gasteiger partial charge in [0.1, 0.15) is 5.82 Å². The SMILES string of the molecule is CC1CN(c2ccc(CNC(=O)C=Cc3cccc([N+](=O)[O-])c3)cc2F)CC(C)O1. The lowest BCUT2D eigenvalue weighted by atomic mass is 10.1. The number of benzene rings is 2. The molecule has 1 heterocycles. The molecule has 1 aliphatic heterocycles. The van der Waals surface area contributed by atoms with Crippen LogP contribution in [0.25, 0.3) is 6.08 Å². The lowest BCUT2D eigenvalue weighted by Gasteiger charge is -2.37. The highest BCUT2D eigenvalue weighted by atomic mass is 19.1. The number of nitrogens with zero attached hydrogens (tertiary/aromatic N) is 2. The van der Waals surface area contributed by atoms with Gasteiger partial charge in [0.25, 0.3) is 5.69 Å². The summed E-state index contributed by atoms with van der Waals surface area (Å²) >= 11 is 0. The molecule has 1 N–H and O–H groups in total. The highest BCUT2D eigenvalue weighted by molar-refractivity contribution is 5.91. The number of hydrogen-bond donors (Lipinski definition) is 1. The number of ether oxygens (including phenoxy) is 1. The third-order valence-electron chi connectivity index (χ3n) is 4.75. The summed E-state index contributed by atoms with van der Waals surface area (Å²) < 4.78 is 20.3. The highest BCUT2D eigenvalue weighted by Crippen LogP contribution is 2.24. The van der Waals surface area contributed by atoms with E-state index in [-0.39, 0.29) is 36.2 Å². The number of rotatable bonds is 6. The Labute approximate surface area is 174 Å². The monoisotopic (exact) mass is 413 g/mol. The van der Waals surface area contributed by atoms with Crippen molar-refractivity contribution in [1.29, 1.82) is 0 Å². The first kappa shape index (κ1) is 21.4. The zero-order valence-corrected chi connectivity index (χ0v) is 16.9. The van der Waals surface area contributed by atoms with E-state index in [2.05, 4.69) is 5.32 Å². The summed E-state index contributed by atoms with van der Waals surface area (Å²) in [6.07, 6.45) is 2.85. The van der Waals surface area contributed by atoms with E-state index < -0.39 is 4.92 Å². The minimum atomic E-state index is -0.492. The number of morpholine rings is 1. The Morgan fingerprint density at radius 1 is 1.27 bits per heavy atom. The maximum Gasteiger partial charge on any atom is 0.270 e. The Morgan fingerprint density at radius 2 is 2.00 bits per heavy atom. The van der Waals surface area contributed by atoms with E-state index in [1.54, 1.807) is 24.3 Å². The quantitative estimate of drug-likeness (QED) is 0.444. The standard InChI is InChI=1S/C22H24FN3O4/c1-15-13-25(14-16(2)30-15)21-8-6-18(11-20(21)23)12-24-22(27)9-7-17-4-3-5-19(10-17)26(28)29/h3-11,15-16H,12-14H2,1-2H3,(H,24,27). The molecule has 7 nitrogen and oxygen atoms in total. The number of carbonyl (C=O) groups excluding carboxylic acids is 1. The molecule has 1 saturated heterocycles. The number of carbonyl (C=O) groups is 1. The molecule has 0 spiro atoms. The van der Waals surface area contributed by atoms with Gasteiger partial charge in [0, 0.05) is 37.8 Å². The van der Waals surface area contributed by atoms with Gasteiger partial charge in [-0.15, -0.1) is 0 Å². The summed E-state index contributed by atoms with van der Waals surface area (Å²) in [7, 11) is 0. The Bertz CT molecular complexity index is 953. The first-order chi connectivity index (χ1) is 14.3. The predicted octanol–water partition coefficient (Wildman–Crippen LogP) is 3.68. The van der Waals surface area contributed by atoms with Crippen LogP contribution in [0.1, 0.15) is 25.0 Å². The largest absolute Gasteiger partial charge is 0.372 e. The fourth-order valence-corrected chi connectivity index (χ4v) is 3.45. The normalized spacial score (nSPS) is 19.1. The van der Waals surface area contributed by atoms with Gasteiger partial charge < -0.3 is 15.0 Å². The number of nitrogens with one attached hydrogen (secondary N) is 1. The Balaban J connectivity index is 1.58. The lowest BCUT2D eigenvalue weighted by Crippen LogP contribution is -2.45. The van der Waals surface area contributed by atoms with Crippen LogP contribution in [-0.4, -0.2) is 36.1 Å². The molecule has 1 aliphatic rings. The first-order valence-corrected chi connectivity index (χ1v) is 9.71. The van der Waals surface area contributed by atoms with E-state index >= 15 is 0 Å². The molecule has 0 bridgehead atoms. The van der Waals surface area contributed by atoms with Gasteiger partial charge in [0.2, 0.25) is 5.91 Å². The van der Waals surface area contributed by atoms with Crippen LogP contribution < -0.4 is 10.2 Å². The van der Waals surface area contributed by atoms with Crippen molar-refractivity contribution in [2.24, 2.45) is 0 Å². The average molecular weight is 413 g/mol. The lowest BCUT2D eigenvalue weighted by molar-refractivity contribution is -0.384. The van der Waals surface area contributed by atoms with E-state index in [0.29, 0.717) is 29.9 Å². The Hall–Kier alpha value is -3.26. The van der Waals surface area contributed by atoms with Crippen molar-refractivity contribution in [2.45, 2.75) is 32.6 Å². The molecule has 1 fully saturated rings. The van der Waals surface area contributed by atoms with Crippen LogP contribution >= 0.6 is 0 Å². The molecule has 0 aromatic heterocycles. The minimum absolute atomic E-state index is 0.0324. The highest BCUT2D eigenvalue weighted by Gasteiger charge is 2.24. The summed E-state index contributed by atoms with van der Waals surface area (Å²) in [6.45, 7) is 5.35. The maximum atomic E-state index is 14.6. The van der Waals surface area contributed by atoms with Crippen LogP contribution in [-0.2, 0) is 16.1 Å². The summed E-state index contributed by atoms with van der Waals surface area (Å²) in [5.74, 6) is -0.711. The van der Waals surface area contributed by atoms with Crippen molar-refractivity contribution < 1.29 is 18.8 Å². The van der Waals surface area contributed by atoms with Gasteiger partial charge in [-0.05, 0) is 43.2 Å². The van der Waals surface area contributed by atoms with Gasteiger partial charge in [-0.25, -0.2) is 4.39 Å². The molecule has 2 unspecified atom stereocenters. The molecule has 0 saturated carbocycles. The van der Waals surface area contributed by atoms with E-state index in [9.17, 15) is 19.3 Å². The van der Waals surface area contributed by atoms with Crippen molar-refractivity contribution in [3.8, 4) is 0 Å². The molecule has 8 heteroatoms. The van der Waals surface area contributed by atoms with Crippen LogP contribution in [0, 0.1) is 15.9 Å². The van der Waals surface area contributed by atoms with Crippen LogP contribution in [0.5, 0.6) is 0 Å². The number of nitro benzene ring substituents is 1. The fourth-order valence-electron chi connectivity index (χ4n) is 3.45.